The summed E-state index contributed by atoms with van der Waals surface area (Å²) in [5.41, 5.74) is 14.4. The van der Waals surface area contributed by atoms with Crippen LogP contribution in [0.15, 0.2) is 89.9 Å². The zero-order valence-electron chi connectivity index (χ0n) is 23.8. The number of benzene rings is 3. The average Bonchev–Trinajstić information content (AvgIpc) is 3.39. The third kappa shape index (κ3) is 7.47. The summed E-state index contributed by atoms with van der Waals surface area (Å²) in [6.07, 6.45) is 1.96. The highest BCUT2D eigenvalue weighted by atomic mass is 16.5. The average molecular weight is 569 g/mol. The van der Waals surface area contributed by atoms with Crippen LogP contribution in [-0.2, 0) is 16.0 Å². The molecule has 0 aliphatic carbocycles. The molecule has 1 saturated heterocycles. The number of aliphatic imine (C=N–C) groups is 1. The van der Waals surface area contributed by atoms with Crippen LogP contribution < -0.4 is 26.8 Å². The molecular formula is C33H40N6O3. The first kappa shape index (κ1) is 29.1. The third-order valence-corrected chi connectivity index (χ3v) is 8.01. The van der Waals surface area contributed by atoms with Gasteiger partial charge in [-0.05, 0) is 42.0 Å². The molecule has 5 rings (SSSR count). The highest BCUT2D eigenvalue weighted by molar-refractivity contribution is 5.83. The van der Waals surface area contributed by atoms with Gasteiger partial charge in [0.25, 0.3) is 5.91 Å². The van der Waals surface area contributed by atoms with Gasteiger partial charge >= 0.3 is 0 Å². The van der Waals surface area contributed by atoms with Gasteiger partial charge < -0.3 is 31.7 Å². The summed E-state index contributed by atoms with van der Waals surface area (Å²) in [6.45, 7) is 2.00. The minimum absolute atomic E-state index is 0.0380. The molecule has 0 saturated carbocycles. The number of hydrogen-bond acceptors (Lipinski definition) is 5. The lowest BCUT2D eigenvalue weighted by atomic mass is 9.90. The van der Waals surface area contributed by atoms with E-state index in [-0.39, 0.29) is 29.7 Å². The van der Waals surface area contributed by atoms with E-state index in [9.17, 15) is 9.59 Å². The normalized spacial score (nSPS) is 20.0. The smallest absolute Gasteiger partial charge is 0.261 e. The summed E-state index contributed by atoms with van der Waals surface area (Å²) in [4.78, 5) is 33.0. The van der Waals surface area contributed by atoms with E-state index < -0.39 is 12.1 Å². The van der Waals surface area contributed by atoms with Gasteiger partial charge in [-0.25, -0.2) is 0 Å². The van der Waals surface area contributed by atoms with Gasteiger partial charge in [0.2, 0.25) is 5.91 Å². The molecule has 3 atom stereocenters. The predicted octanol–water partition coefficient (Wildman–Crippen LogP) is 2.55. The van der Waals surface area contributed by atoms with Crippen LogP contribution in [0.25, 0.3) is 0 Å². The Labute approximate surface area is 247 Å². The lowest BCUT2D eigenvalue weighted by molar-refractivity contribution is -0.133. The molecule has 9 heteroatoms. The minimum Gasteiger partial charge on any atom is -0.480 e. The fraction of sp³-hybridized carbons (Fsp3) is 0.364. The first-order valence-corrected chi connectivity index (χ1v) is 14.7. The first-order valence-electron chi connectivity index (χ1n) is 14.7. The van der Waals surface area contributed by atoms with Gasteiger partial charge in [0.05, 0.1) is 6.04 Å². The molecule has 0 radical (unpaired) electrons. The number of nitrogens with zero attached hydrogens (tertiary/aromatic N) is 2. The summed E-state index contributed by atoms with van der Waals surface area (Å²) in [7, 11) is 0. The first-order chi connectivity index (χ1) is 20.5. The molecule has 2 heterocycles. The van der Waals surface area contributed by atoms with Crippen LogP contribution in [0.2, 0.25) is 0 Å². The molecular weight excluding hydrogens is 528 g/mol. The maximum atomic E-state index is 14.0. The number of hydrogen-bond donors (Lipinski definition) is 4. The van der Waals surface area contributed by atoms with Crippen molar-refractivity contribution in [2.45, 2.75) is 49.8 Å². The van der Waals surface area contributed by atoms with Crippen LogP contribution in [0.4, 0.5) is 0 Å². The quantitative estimate of drug-likeness (QED) is 0.160. The van der Waals surface area contributed by atoms with Gasteiger partial charge in [0.1, 0.15) is 5.75 Å². The number of fused-ring (bicyclic) bond motifs is 1. The maximum absolute atomic E-state index is 14.0. The van der Waals surface area contributed by atoms with Gasteiger partial charge in [0, 0.05) is 44.6 Å². The predicted molar refractivity (Wildman–Crippen MR) is 164 cm³/mol. The zero-order chi connectivity index (χ0) is 29.3. The van der Waals surface area contributed by atoms with Crippen LogP contribution in [0.3, 0.4) is 0 Å². The lowest BCUT2D eigenvalue weighted by Gasteiger charge is -2.29. The molecule has 0 bridgehead atoms. The van der Waals surface area contributed by atoms with E-state index in [4.69, 9.17) is 16.2 Å². The molecule has 1 fully saturated rings. The number of carbonyl (C=O) groups excluding carboxylic acids is 2. The number of amides is 2. The molecule has 3 aromatic carbocycles. The van der Waals surface area contributed by atoms with Crippen molar-refractivity contribution in [2.24, 2.45) is 16.5 Å². The van der Waals surface area contributed by atoms with Crippen molar-refractivity contribution in [3.63, 3.8) is 0 Å². The molecule has 0 aromatic heterocycles. The SMILES string of the molecule is NC(N)=NCCC[C@@H]1N[C@H](CNC(=O)C2Cc3ccccc3O2)CCN(CC(c2ccccc2)c2ccccc2)C1=O. The van der Waals surface area contributed by atoms with Crippen molar-refractivity contribution >= 4 is 17.8 Å². The summed E-state index contributed by atoms with van der Waals surface area (Å²) >= 11 is 0. The number of carbonyl (C=O) groups is 2. The molecule has 1 unspecified atom stereocenters. The largest absolute Gasteiger partial charge is 0.480 e. The van der Waals surface area contributed by atoms with Crippen LogP contribution in [0, 0.1) is 0 Å². The third-order valence-electron chi connectivity index (χ3n) is 8.01. The van der Waals surface area contributed by atoms with E-state index in [0.29, 0.717) is 51.9 Å². The molecule has 2 aliphatic heterocycles. The highest BCUT2D eigenvalue weighted by Crippen LogP contribution is 2.29. The maximum Gasteiger partial charge on any atom is 0.261 e. The van der Waals surface area contributed by atoms with Crippen molar-refractivity contribution in [1.82, 2.24) is 15.5 Å². The fourth-order valence-corrected chi connectivity index (χ4v) is 5.79. The van der Waals surface area contributed by atoms with E-state index >= 15 is 0 Å². The number of ether oxygens (including phenoxy) is 1. The number of nitrogens with two attached hydrogens (primary N) is 2. The Bertz CT molecular complexity index is 1300. The van der Waals surface area contributed by atoms with Gasteiger partial charge in [0.15, 0.2) is 12.1 Å². The second-order valence-corrected chi connectivity index (χ2v) is 11.0. The van der Waals surface area contributed by atoms with E-state index in [1.54, 1.807) is 0 Å². The van der Waals surface area contributed by atoms with Crippen molar-refractivity contribution in [3.05, 3.63) is 102 Å². The Morgan fingerprint density at radius 3 is 2.33 bits per heavy atom. The number of nitrogens with one attached hydrogen (secondary N) is 2. The van der Waals surface area contributed by atoms with Crippen LogP contribution in [0.5, 0.6) is 5.75 Å². The summed E-state index contributed by atoms with van der Waals surface area (Å²) in [5.74, 6) is 0.759. The molecule has 2 aliphatic rings. The van der Waals surface area contributed by atoms with Gasteiger partial charge in [-0.3, -0.25) is 14.6 Å². The molecule has 9 nitrogen and oxygen atoms in total. The lowest BCUT2D eigenvalue weighted by Crippen LogP contribution is -2.50. The molecule has 3 aromatic rings. The van der Waals surface area contributed by atoms with E-state index in [1.165, 1.54) is 11.1 Å². The highest BCUT2D eigenvalue weighted by Gasteiger charge is 2.34. The Kier molecular flexibility index (Phi) is 9.71. The van der Waals surface area contributed by atoms with E-state index in [2.05, 4.69) is 39.9 Å². The Morgan fingerprint density at radius 2 is 1.67 bits per heavy atom. The summed E-state index contributed by atoms with van der Waals surface area (Å²) < 4.78 is 5.87. The van der Waals surface area contributed by atoms with Gasteiger partial charge in [-0.1, -0.05) is 78.9 Å². The zero-order valence-corrected chi connectivity index (χ0v) is 23.8. The number of para-hydroxylation sites is 1. The van der Waals surface area contributed by atoms with E-state index in [0.717, 1.165) is 11.3 Å². The standard InChI is InChI=1S/C33H40N6O3/c34-33(35)36-18-9-15-28-32(41)39(22-27(23-10-3-1-4-11-23)24-12-5-2-6-13-24)19-17-26(38-28)21-37-31(40)30-20-25-14-7-8-16-29(25)42-30/h1-8,10-14,16,26-28,30,38H,9,15,17-22H2,(H,37,40)(H4,34,35,36)/t26-,28-,30?/m0/s1. The Morgan fingerprint density at radius 1 is 1.00 bits per heavy atom. The van der Waals surface area contributed by atoms with Crippen LogP contribution in [0.1, 0.15) is 41.9 Å². The summed E-state index contributed by atoms with van der Waals surface area (Å²) in [5, 5.41) is 6.61. The molecule has 220 valence electrons. The Balaban J connectivity index is 1.28. The second-order valence-electron chi connectivity index (χ2n) is 11.0. The van der Waals surface area contributed by atoms with Crippen molar-refractivity contribution in [1.29, 1.82) is 0 Å². The van der Waals surface area contributed by atoms with E-state index in [1.807, 2.05) is 65.6 Å². The molecule has 2 amide bonds. The van der Waals surface area contributed by atoms with Crippen LogP contribution in [-0.4, -0.2) is 67.0 Å². The minimum atomic E-state index is -0.542. The van der Waals surface area contributed by atoms with Gasteiger partial charge in [-0.2, -0.15) is 0 Å². The number of guanidine groups is 1. The van der Waals surface area contributed by atoms with Gasteiger partial charge in [-0.15, -0.1) is 0 Å². The van der Waals surface area contributed by atoms with Crippen LogP contribution >= 0.6 is 0 Å². The molecule has 42 heavy (non-hydrogen) atoms. The van der Waals surface area contributed by atoms with Crippen molar-refractivity contribution < 1.29 is 14.3 Å². The Hall–Kier alpha value is -4.37. The molecule has 6 N–H and O–H groups in total. The van der Waals surface area contributed by atoms with Crippen molar-refractivity contribution in [2.75, 3.05) is 26.2 Å². The number of rotatable bonds is 11. The molecule has 0 spiro atoms. The second kappa shape index (κ2) is 14.0. The topological polar surface area (TPSA) is 135 Å². The van der Waals surface area contributed by atoms with Crippen molar-refractivity contribution in [3.8, 4) is 5.75 Å². The monoisotopic (exact) mass is 568 g/mol. The summed E-state index contributed by atoms with van der Waals surface area (Å²) in [6, 6.07) is 27.9. The fourth-order valence-electron chi connectivity index (χ4n) is 5.79.